The highest BCUT2D eigenvalue weighted by molar-refractivity contribution is 5.64. The standard InChI is InChI=1S/C20H26F3N5O2/c1-13(27(2)8-9-29-3)6-7-28-12-16(26-19(28)14-4-5-14)15-10-17(18(24)25-11-15)30-20(21,22)23/h10-12,14H,1,4-9H2,2-3H3,(H2,24,25). The summed E-state index contributed by atoms with van der Waals surface area (Å²) in [6.45, 7) is 6.16. The third kappa shape index (κ3) is 5.65. The van der Waals surface area contributed by atoms with Gasteiger partial charge in [-0.3, -0.25) is 0 Å². The number of imidazole rings is 1. The predicted molar refractivity (Wildman–Crippen MR) is 107 cm³/mol. The quantitative estimate of drug-likeness (QED) is 0.624. The molecule has 164 valence electrons. The first-order chi connectivity index (χ1) is 14.2. The van der Waals surface area contributed by atoms with E-state index in [-0.39, 0.29) is 5.82 Å². The van der Waals surface area contributed by atoms with Crippen LogP contribution in [-0.4, -0.2) is 53.1 Å². The summed E-state index contributed by atoms with van der Waals surface area (Å²) in [4.78, 5) is 10.5. The molecule has 0 atom stereocenters. The molecule has 0 unspecified atom stereocenters. The first kappa shape index (κ1) is 21.9. The number of nitrogens with zero attached hydrogens (tertiary/aromatic N) is 4. The fraction of sp³-hybridized carbons (Fsp3) is 0.500. The first-order valence-corrected chi connectivity index (χ1v) is 9.64. The maximum Gasteiger partial charge on any atom is 0.573 e. The van der Waals surface area contributed by atoms with Gasteiger partial charge in [-0.2, -0.15) is 0 Å². The second-order valence-corrected chi connectivity index (χ2v) is 7.34. The van der Waals surface area contributed by atoms with Crippen molar-refractivity contribution in [2.75, 3.05) is 33.0 Å². The van der Waals surface area contributed by atoms with Gasteiger partial charge in [0.05, 0.1) is 12.3 Å². The lowest BCUT2D eigenvalue weighted by Gasteiger charge is -2.21. The van der Waals surface area contributed by atoms with E-state index in [0.717, 1.165) is 37.3 Å². The van der Waals surface area contributed by atoms with Crippen LogP contribution in [0.2, 0.25) is 0 Å². The van der Waals surface area contributed by atoms with E-state index >= 15 is 0 Å². The molecule has 0 spiro atoms. The number of aryl methyl sites for hydroxylation is 1. The summed E-state index contributed by atoms with van der Waals surface area (Å²) < 4.78 is 48.9. The molecule has 7 nitrogen and oxygen atoms in total. The Morgan fingerprint density at radius 2 is 2.13 bits per heavy atom. The number of pyridine rings is 1. The lowest BCUT2D eigenvalue weighted by molar-refractivity contribution is -0.274. The summed E-state index contributed by atoms with van der Waals surface area (Å²) >= 11 is 0. The lowest BCUT2D eigenvalue weighted by atomic mass is 10.2. The number of alkyl halides is 3. The molecule has 10 heteroatoms. The van der Waals surface area contributed by atoms with Gasteiger partial charge in [-0.25, -0.2) is 9.97 Å². The number of likely N-dealkylation sites (N-methyl/N-ethyl adjacent to an activating group) is 1. The van der Waals surface area contributed by atoms with Crippen LogP contribution in [0.25, 0.3) is 11.3 Å². The topological polar surface area (TPSA) is 78.4 Å². The molecule has 0 aliphatic heterocycles. The monoisotopic (exact) mass is 425 g/mol. The van der Waals surface area contributed by atoms with Crippen molar-refractivity contribution < 1.29 is 22.6 Å². The lowest BCUT2D eigenvalue weighted by Crippen LogP contribution is -2.22. The minimum atomic E-state index is -4.85. The van der Waals surface area contributed by atoms with Crippen LogP contribution in [0, 0.1) is 0 Å². The average molecular weight is 425 g/mol. The van der Waals surface area contributed by atoms with Gasteiger partial charge >= 0.3 is 6.36 Å². The number of aromatic nitrogens is 3. The summed E-state index contributed by atoms with van der Waals surface area (Å²) in [5.41, 5.74) is 7.45. The number of allylic oxidation sites excluding steroid dienone is 1. The molecule has 2 heterocycles. The summed E-state index contributed by atoms with van der Waals surface area (Å²) in [5.74, 6) is 0.433. The van der Waals surface area contributed by atoms with E-state index in [0.29, 0.717) is 30.3 Å². The van der Waals surface area contributed by atoms with Gasteiger partial charge in [-0.15, -0.1) is 13.2 Å². The van der Waals surface area contributed by atoms with Crippen LogP contribution >= 0.6 is 0 Å². The number of methoxy groups -OCH3 is 1. The van der Waals surface area contributed by atoms with Gasteiger partial charge in [0.1, 0.15) is 5.82 Å². The molecule has 2 N–H and O–H groups in total. The molecular weight excluding hydrogens is 399 g/mol. The number of ether oxygens (including phenoxy) is 2. The van der Waals surface area contributed by atoms with Gasteiger partial charge in [0.15, 0.2) is 11.6 Å². The van der Waals surface area contributed by atoms with E-state index in [1.807, 2.05) is 22.7 Å². The molecule has 1 aliphatic rings. The Bertz CT molecular complexity index is 893. The van der Waals surface area contributed by atoms with E-state index in [2.05, 4.69) is 21.3 Å². The van der Waals surface area contributed by atoms with Crippen LogP contribution in [0.15, 0.2) is 30.7 Å². The molecule has 2 aromatic heterocycles. The summed E-state index contributed by atoms with van der Waals surface area (Å²) in [5, 5.41) is 0. The summed E-state index contributed by atoms with van der Waals surface area (Å²) in [6.07, 6.45) is 1.21. The second-order valence-electron chi connectivity index (χ2n) is 7.34. The van der Waals surface area contributed by atoms with Crippen molar-refractivity contribution in [3.63, 3.8) is 0 Å². The number of halogens is 3. The number of nitrogen functional groups attached to an aromatic ring is 1. The maximum atomic E-state index is 12.6. The Labute approximate surface area is 173 Å². The fourth-order valence-corrected chi connectivity index (χ4v) is 3.04. The summed E-state index contributed by atoms with van der Waals surface area (Å²) in [6, 6.07) is 1.22. The van der Waals surface area contributed by atoms with Crippen molar-refractivity contribution in [3.8, 4) is 17.0 Å². The van der Waals surface area contributed by atoms with E-state index in [4.69, 9.17) is 10.5 Å². The Kier molecular flexibility index (Phi) is 6.55. The van der Waals surface area contributed by atoms with Gasteiger partial charge < -0.3 is 24.7 Å². The molecule has 0 aromatic carbocycles. The van der Waals surface area contributed by atoms with Gasteiger partial charge in [0.25, 0.3) is 0 Å². The Morgan fingerprint density at radius 1 is 1.40 bits per heavy atom. The largest absolute Gasteiger partial charge is 0.573 e. The highest BCUT2D eigenvalue weighted by atomic mass is 19.4. The molecule has 1 aliphatic carbocycles. The number of rotatable bonds is 10. The smallest absolute Gasteiger partial charge is 0.402 e. The Balaban J connectivity index is 1.78. The van der Waals surface area contributed by atoms with Crippen molar-refractivity contribution >= 4 is 5.82 Å². The van der Waals surface area contributed by atoms with Crippen molar-refractivity contribution in [1.82, 2.24) is 19.4 Å². The van der Waals surface area contributed by atoms with E-state index in [1.165, 1.54) is 12.3 Å². The van der Waals surface area contributed by atoms with Gasteiger partial charge in [0.2, 0.25) is 0 Å². The molecule has 1 saturated carbocycles. The minimum absolute atomic E-state index is 0.326. The van der Waals surface area contributed by atoms with Crippen LogP contribution in [0.1, 0.15) is 31.0 Å². The van der Waals surface area contributed by atoms with Crippen LogP contribution in [0.5, 0.6) is 5.75 Å². The zero-order valence-corrected chi connectivity index (χ0v) is 17.1. The average Bonchev–Trinajstić information content (AvgIpc) is 3.44. The maximum absolute atomic E-state index is 12.6. The minimum Gasteiger partial charge on any atom is -0.402 e. The molecule has 1 fully saturated rings. The van der Waals surface area contributed by atoms with Gasteiger partial charge in [-0.1, -0.05) is 6.58 Å². The third-order valence-electron chi connectivity index (χ3n) is 4.97. The Hall–Kier alpha value is -2.75. The highest BCUT2D eigenvalue weighted by Crippen LogP contribution is 2.41. The van der Waals surface area contributed by atoms with Crippen molar-refractivity contribution in [2.24, 2.45) is 0 Å². The second kappa shape index (κ2) is 8.95. The predicted octanol–water partition coefficient (Wildman–Crippen LogP) is 3.79. The zero-order valence-electron chi connectivity index (χ0n) is 17.1. The van der Waals surface area contributed by atoms with Crippen LogP contribution in [0.4, 0.5) is 19.0 Å². The molecule has 0 radical (unpaired) electrons. The zero-order chi connectivity index (χ0) is 21.9. The Morgan fingerprint density at radius 3 is 2.77 bits per heavy atom. The molecule has 0 bridgehead atoms. The molecule has 3 rings (SSSR count). The van der Waals surface area contributed by atoms with Crippen molar-refractivity contribution in [2.45, 2.75) is 38.1 Å². The number of nitrogens with two attached hydrogens (primary N) is 1. The number of anilines is 1. The molecular formula is C20H26F3N5O2. The molecule has 30 heavy (non-hydrogen) atoms. The fourth-order valence-electron chi connectivity index (χ4n) is 3.04. The SMILES string of the molecule is C=C(CCn1cc(-c2cnc(N)c(OC(F)(F)F)c2)nc1C1CC1)N(C)CCOC. The van der Waals surface area contributed by atoms with Gasteiger partial charge in [0, 0.05) is 63.2 Å². The molecule has 2 aromatic rings. The van der Waals surface area contributed by atoms with E-state index < -0.39 is 12.1 Å². The van der Waals surface area contributed by atoms with Crippen LogP contribution in [0.3, 0.4) is 0 Å². The first-order valence-electron chi connectivity index (χ1n) is 9.64. The molecule has 0 amide bonds. The van der Waals surface area contributed by atoms with E-state index in [9.17, 15) is 13.2 Å². The highest BCUT2D eigenvalue weighted by Gasteiger charge is 2.33. The molecule has 0 saturated heterocycles. The van der Waals surface area contributed by atoms with E-state index in [1.54, 1.807) is 7.11 Å². The van der Waals surface area contributed by atoms with Crippen molar-refractivity contribution in [3.05, 3.63) is 36.6 Å². The van der Waals surface area contributed by atoms with Crippen molar-refractivity contribution in [1.29, 1.82) is 0 Å². The van der Waals surface area contributed by atoms with Crippen LogP contribution in [-0.2, 0) is 11.3 Å². The van der Waals surface area contributed by atoms with Gasteiger partial charge in [-0.05, 0) is 18.9 Å². The third-order valence-corrected chi connectivity index (χ3v) is 4.97. The number of hydrogen-bond donors (Lipinski definition) is 1. The van der Waals surface area contributed by atoms with Crippen LogP contribution < -0.4 is 10.5 Å². The number of hydrogen-bond acceptors (Lipinski definition) is 6. The summed E-state index contributed by atoms with van der Waals surface area (Å²) in [7, 11) is 3.62. The normalized spacial score (nSPS) is 14.0.